The number of ether oxygens (including phenoxy) is 2. The van der Waals surface area contributed by atoms with Crippen molar-refractivity contribution < 1.29 is 19.4 Å². The minimum atomic E-state index is -0.290. The monoisotopic (exact) mass is 258 g/mol. The molecule has 1 N–H and O–H groups in total. The van der Waals surface area contributed by atoms with E-state index in [9.17, 15) is 9.90 Å². The zero-order valence-corrected chi connectivity index (χ0v) is 10.5. The van der Waals surface area contributed by atoms with Gasteiger partial charge in [0.05, 0.1) is 13.5 Å². The summed E-state index contributed by atoms with van der Waals surface area (Å²) < 4.78 is 10.2. The fraction of sp³-hybridized carbons (Fsp3) is 0.133. The van der Waals surface area contributed by atoms with Gasteiger partial charge < -0.3 is 14.6 Å². The van der Waals surface area contributed by atoms with Crippen LogP contribution in [0.5, 0.6) is 17.2 Å². The fourth-order valence-electron chi connectivity index (χ4n) is 1.61. The van der Waals surface area contributed by atoms with Gasteiger partial charge in [0.1, 0.15) is 17.2 Å². The first-order valence-corrected chi connectivity index (χ1v) is 5.80. The molecule has 98 valence electrons. The van der Waals surface area contributed by atoms with Crippen molar-refractivity contribution in [2.24, 2.45) is 0 Å². The molecule has 0 aliphatic rings. The predicted octanol–water partition coefficient (Wildman–Crippen LogP) is 2.90. The van der Waals surface area contributed by atoms with Crippen LogP contribution < -0.4 is 4.74 Å². The molecule has 4 nitrogen and oxygen atoms in total. The number of methoxy groups -OCH3 is 1. The summed E-state index contributed by atoms with van der Waals surface area (Å²) in [5.74, 6) is 1.15. The fourth-order valence-corrected chi connectivity index (χ4v) is 1.61. The van der Waals surface area contributed by atoms with Crippen LogP contribution in [0.4, 0.5) is 0 Å². The lowest BCUT2D eigenvalue weighted by atomic mass is 10.1. The maximum atomic E-state index is 11.2. The van der Waals surface area contributed by atoms with Gasteiger partial charge in [0.15, 0.2) is 0 Å². The van der Waals surface area contributed by atoms with E-state index in [2.05, 4.69) is 4.74 Å². The Labute approximate surface area is 111 Å². The number of esters is 1. The summed E-state index contributed by atoms with van der Waals surface area (Å²) >= 11 is 0. The standard InChI is InChI=1S/C15H14O4/c1-18-15(17)10-11-3-2-4-14(9-11)19-13-7-5-12(16)6-8-13/h2-9,16H,10H2,1H3. The third kappa shape index (κ3) is 3.74. The molecule has 0 aromatic heterocycles. The first kappa shape index (κ1) is 13.0. The summed E-state index contributed by atoms with van der Waals surface area (Å²) in [5, 5.41) is 9.19. The molecule has 2 rings (SSSR count). The van der Waals surface area contributed by atoms with E-state index >= 15 is 0 Å². The zero-order chi connectivity index (χ0) is 13.7. The molecular formula is C15H14O4. The predicted molar refractivity (Wildman–Crippen MR) is 70.3 cm³/mol. The van der Waals surface area contributed by atoms with Crippen molar-refractivity contribution in [2.75, 3.05) is 7.11 Å². The summed E-state index contributed by atoms with van der Waals surface area (Å²) in [6.45, 7) is 0. The van der Waals surface area contributed by atoms with Crippen LogP contribution in [0.25, 0.3) is 0 Å². The van der Waals surface area contributed by atoms with Gasteiger partial charge in [0.2, 0.25) is 0 Å². The molecule has 19 heavy (non-hydrogen) atoms. The lowest BCUT2D eigenvalue weighted by Gasteiger charge is -2.07. The van der Waals surface area contributed by atoms with Gasteiger partial charge in [-0.3, -0.25) is 4.79 Å². The zero-order valence-electron chi connectivity index (χ0n) is 10.5. The molecule has 0 spiro atoms. The second-order valence-electron chi connectivity index (χ2n) is 4.00. The molecule has 0 saturated heterocycles. The lowest BCUT2D eigenvalue weighted by Crippen LogP contribution is -2.04. The lowest BCUT2D eigenvalue weighted by molar-refractivity contribution is -0.139. The smallest absolute Gasteiger partial charge is 0.309 e. The molecule has 0 fully saturated rings. The molecule has 4 heteroatoms. The molecule has 2 aromatic carbocycles. The molecule has 0 atom stereocenters. The van der Waals surface area contributed by atoms with Gasteiger partial charge in [-0.25, -0.2) is 0 Å². The summed E-state index contributed by atoms with van der Waals surface area (Å²) in [6.07, 6.45) is 0.212. The van der Waals surface area contributed by atoms with Crippen LogP contribution in [0.2, 0.25) is 0 Å². The highest BCUT2D eigenvalue weighted by Crippen LogP contribution is 2.24. The Bertz CT molecular complexity index is 561. The normalized spacial score (nSPS) is 9.95. The second-order valence-corrected chi connectivity index (χ2v) is 4.00. The molecule has 0 bridgehead atoms. The van der Waals surface area contributed by atoms with Crippen LogP contribution in [0.1, 0.15) is 5.56 Å². The largest absolute Gasteiger partial charge is 0.508 e. The van der Waals surface area contributed by atoms with Crippen molar-refractivity contribution in [3.8, 4) is 17.2 Å². The van der Waals surface area contributed by atoms with E-state index in [1.807, 2.05) is 12.1 Å². The first-order chi connectivity index (χ1) is 9.17. The van der Waals surface area contributed by atoms with Crippen molar-refractivity contribution in [3.63, 3.8) is 0 Å². The van der Waals surface area contributed by atoms with Crippen molar-refractivity contribution in [1.82, 2.24) is 0 Å². The number of carbonyl (C=O) groups excluding carboxylic acids is 1. The number of benzene rings is 2. The number of hydrogen-bond donors (Lipinski definition) is 1. The summed E-state index contributed by atoms with van der Waals surface area (Å²) in [5.41, 5.74) is 0.822. The number of aromatic hydroxyl groups is 1. The Morgan fingerprint density at radius 1 is 1.11 bits per heavy atom. The highest BCUT2D eigenvalue weighted by Gasteiger charge is 2.04. The van der Waals surface area contributed by atoms with Crippen LogP contribution in [0.3, 0.4) is 0 Å². The second kappa shape index (κ2) is 5.91. The van der Waals surface area contributed by atoms with E-state index in [1.165, 1.54) is 7.11 Å². The Morgan fingerprint density at radius 3 is 2.53 bits per heavy atom. The molecule has 0 heterocycles. The van der Waals surface area contributed by atoms with Gasteiger partial charge in [-0.15, -0.1) is 0 Å². The Balaban J connectivity index is 2.10. The van der Waals surface area contributed by atoms with Gasteiger partial charge in [-0.05, 0) is 42.0 Å². The summed E-state index contributed by atoms with van der Waals surface area (Å²) in [4.78, 5) is 11.2. The quantitative estimate of drug-likeness (QED) is 0.857. The van der Waals surface area contributed by atoms with Gasteiger partial charge in [-0.1, -0.05) is 12.1 Å². The Hall–Kier alpha value is -2.49. The first-order valence-electron chi connectivity index (χ1n) is 5.80. The van der Waals surface area contributed by atoms with Crippen molar-refractivity contribution >= 4 is 5.97 Å². The molecule has 0 unspecified atom stereocenters. The topological polar surface area (TPSA) is 55.8 Å². The Morgan fingerprint density at radius 2 is 1.84 bits per heavy atom. The number of rotatable bonds is 4. The number of phenols is 1. The van der Waals surface area contributed by atoms with Gasteiger partial charge in [-0.2, -0.15) is 0 Å². The number of hydrogen-bond acceptors (Lipinski definition) is 4. The van der Waals surface area contributed by atoms with Gasteiger partial charge >= 0.3 is 5.97 Å². The van der Waals surface area contributed by atoms with Crippen LogP contribution in [0.15, 0.2) is 48.5 Å². The third-order valence-electron chi connectivity index (χ3n) is 2.55. The van der Waals surface area contributed by atoms with Crippen LogP contribution in [0, 0.1) is 0 Å². The minimum Gasteiger partial charge on any atom is -0.508 e. The van der Waals surface area contributed by atoms with E-state index < -0.39 is 0 Å². The van der Waals surface area contributed by atoms with Crippen LogP contribution in [-0.2, 0) is 16.0 Å². The van der Waals surface area contributed by atoms with E-state index in [0.717, 1.165) is 5.56 Å². The van der Waals surface area contributed by atoms with E-state index in [0.29, 0.717) is 11.5 Å². The van der Waals surface area contributed by atoms with E-state index in [4.69, 9.17) is 4.74 Å². The summed E-state index contributed by atoms with van der Waals surface area (Å²) in [7, 11) is 1.36. The SMILES string of the molecule is COC(=O)Cc1cccc(Oc2ccc(O)cc2)c1. The van der Waals surface area contributed by atoms with Crippen molar-refractivity contribution in [1.29, 1.82) is 0 Å². The molecule has 0 saturated carbocycles. The minimum absolute atomic E-state index is 0.187. The van der Waals surface area contributed by atoms with E-state index in [-0.39, 0.29) is 18.1 Å². The van der Waals surface area contributed by atoms with Gasteiger partial charge in [0.25, 0.3) is 0 Å². The van der Waals surface area contributed by atoms with Crippen LogP contribution in [-0.4, -0.2) is 18.2 Å². The molecule has 0 amide bonds. The number of phenolic OH excluding ortho intramolecular Hbond substituents is 1. The van der Waals surface area contributed by atoms with Crippen molar-refractivity contribution in [3.05, 3.63) is 54.1 Å². The molecule has 0 aliphatic carbocycles. The van der Waals surface area contributed by atoms with Crippen LogP contribution >= 0.6 is 0 Å². The maximum Gasteiger partial charge on any atom is 0.309 e. The average molecular weight is 258 g/mol. The molecular weight excluding hydrogens is 244 g/mol. The highest BCUT2D eigenvalue weighted by molar-refractivity contribution is 5.72. The molecule has 0 radical (unpaired) electrons. The van der Waals surface area contributed by atoms with E-state index in [1.54, 1.807) is 36.4 Å². The third-order valence-corrected chi connectivity index (χ3v) is 2.55. The average Bonchev–Trinajstić information content (AvgIpc) is 2.42. The maximum absolute atomic E-state index is 11.2. The van der Waals surface area contributed by atoms with Gasteiger partial charge in [0, 0.05) is 0 Å². The molecule has 2 aromatic rings. The Kier molecular flexibility index (Phi) is 4.03. The van der Waals surface area contributed by atoms with Crippen molar-refractivity contribution in [2.45, 2.75) is 6.42 Å². The highest BCUT2D eigenvalue weighted by atomic mass is 16.5. The number of carbonyl (C=O) groups is 1. The molecule has 0 aliphatic heterocycles. The summed E-state index contributed by atoms with van der Waals surface area (Å²) in [6, 6.07) is 13.7.